The Hall–Kier alpha value is -2.37. The summed E-state index contributed by atoms with van der Waals surface area (Å²) in [5.74, 6) is -0.837. The molecule has 132 valence electrons. The van der Waals surface area contributed by atoms with E-state index in [4.69, 9.17) is 11.6 Å². The average molecular weight is 388 g/mol. The summed E-state index contributed by atoms with van der Waals surface area (Å²) in [7, 11) is 0. The van der Waals surface area contributed by atoms with E-state index in [1.165, 1.54) is 18.2 Å². The molecule has 3 rings (SSSR count). The van der Waals surface area contributed by atoms with Gasteiger partial charge in [0.25, 0.3) is 11.1 Å². The standard InChI is InChI=1S/C20H15ClFNO2S/c1-13(9-14-5-3-2-4-6-14)10-18-19(24)23(20(25)26-18)12-15-7-8-16(22)11-17(15)21/h2-11H,12H2,1H3/b13-9+,18-10-. The molecule has 1 saturated heterocycles. The number of thioether (sulfide) groups is 1. The normalized spacial score (nSPS) is 16.7. The Bertz CT molecular complexity index is 925. The van der Waals surface area contributed by atoms with Crippen molar-refractivity contribution in [3.05, 3.63) is 87.1 Å². The van der Waals surface area contributed by atoms with Gasteiger partial charge in [0.1, 0.15) is 5.82 Å². The first kappa shape index (κ1) is 18.4. The summed E-state index contributed by atoms with van der Waals surface area (Å²) >= 11 is 6.88. The third kappa shape index (κ3) is 4.23. The van der Waals surface area contributed by atoms with Crippen molar-refractivity contribution in [1.29, 1.82) is 0 Å². The van der Waals surface area contributed by atoms with Crippen LogP contribution in [-0.2, 0) is 11.3 Å². The zero-order chi connectivity index (χ0) is 18.7. The molecule has 6 heteroatoms. The number of hydrogen-bond donors (Lipinski definition) is 0. The maximum Gasteiger partial charge on any atom is 0.293 e. The number of imide groups is 1. The van der Waals surface area contributed by atoms with Crippen LogP contribution in [0.2, 0.25) is 5.02 Å². The summed E-state index contributed by atoms with van der Waals surface area (Å²) in [5.41, 5.74) is 2.40. The van der Waals surface area contributed by atoms with Crippen LogP contribution in [0, 0.1) is 5.82 Å². The van der Waals surface area contributed by atoms with Crippen molar-refractivity contribution in [2.45, 2.75) is 13.5 Å². The molecule has 0 atom stereocenters. The number of hydrogen-bond acceptors (Lipinski definition) is 3. The van der Waals surface area contributed by atoms with Crippen molar-refractivity contribution >= 4 is 40.6 Å². The van der Waals surface area contributed by atoms with Gasteiger partial charge in [-0.25, -0.2) is 4.39 Å². The van der Waals surface area contributed by atoms with E-state index in [-0.39, 0.29) is 22.7 Å². The first-order valence-corrected chi connectivity index (χ1v) is 9.06. The minimum atomic E-state index is -0.463. The van der Waals surface area contributed by atoms with Crippen molar-refractivity contribution in [1.82, 2.24) is 4.90 Å². The Labute approximate surface area is 160 Å². The predicted octanol–water partition coefficient (Wildman–Crippen LogP) is 5.66. The van der Waals surface area contributed by atoms with E-state index >= 15 is 0 Å². The molecule has 2 aromatic carbocycles. The van der Waals surface area contributed by atoms with Gasteiger partial charge < -0.3 is 0 Å². The molecule has 0 bridgehead atoms. The fourth-order valence-corrected chi connectivity index (χ4v) is 3.63. The molecule has 3 nitrogen and oxygen atoms in total. The number of rotatable bonds is 4. The van der Waals surface area contributed by atoms with Gasteiger partial charge in [-0.05, 0) is 53.6 Å². The van der Waals surface area contributed by atoms with E-state index in [0.717, 1.165) is 27.8 Å². The van der Waals surface area contributed by atoms with Crippen molar-refractivity contribution in [2.75, 3.05) is 0 Å². The highest BCUT2D eigenvalue weighted by molar-refractivity contribution is 8.18. The smallest absolute Gasteiger partial charge is 0.268 e. The van der Waals surface area contributed by atoms with Gasteiger partial charge in [-0.15, -0.1) is 0 Å². The first-order valence-electron chi connectivity index (χ1n) is 7.86. The highest BCUT2D eigenvalue weighted by atomic mass is 35.5. The largest absolute Gasteiger partial charge is 0.293 e. The van der Waals surface area contributed by atoms with Crippen LogP contribution in [-0.4, -0.2) is 16.0 Å². The van der Waals surface area contributed by atoms with Crippen molar-refractivity contribution < 1.29 is 14.0 Å². The fourth-order valence-electron chi connectivity index (χ4n) is 2.52. The maximum absolute atomic E-state index is 13.1. The lowest BCUT2D eigenvalue weighted by atomic mass is 10.1. The van der Waals surface area contributed by atoms with Gasteiger partial charge in [0, 0.05) is 5.02 Å². The molecule has 0 radical (unpaired) electrons. The Morgan fingerprint density at radius 3 is 2.62 bits per heavy atom. The number of carbonyl (C=O) groups excluding carboxylic acids is 2. The van der Waals surface area contributed by atoms with Crippen molar-refractivity contribution in [3.8, 4) is 0 Å². The van der Waals surface area contributed by atoms with E-state index in [1.54, 1.807) is 6.08 Å². The number of allylic oxidation sites excluding steroid dienone is 2. The van der Waals surface area contributed by atoms with E-state index in [9.17, 15) is 14.0 Å². The molecule has 1 aliphatic rings. The van der Waals surface area contributed by atoms with Crippen LogP contribution in [0.3, 0.4) is 0 Å². The molecule has 0 saturated carbocycles. The molecule has 1 aliphatic heterocycles. The van der Waals surface area contributed by atoms with Crippen molar-refractivity contribution in [2.24, 2.45) is 0 Å². The molecule has 26 heavy (non-hydrogen) atoms. The summed E-state index contributed by atoms with van der Waals surface area (Å²) in [6.07, 6.45) is 3.63. The molecule has 1 heterocycles. The second-order valence-corrected chi connectivity index (χ2v) is 7.20. The Morgan fingerprint density at radius 2 is 1.92 bits per heavy atom. The second kappa shape index (κ2) is 7.89. The monoisotopic (exact) mass is 387 g/mol. The predicted molar refractivity (Wildman–Crippen MR) is 103 cm³/mol. The SMILES string of the molecule is CC(/C=C1\SC(=O)N(Cc2ccc(F)cc2Cl)C1=O)=C\c1ccccc1. The summed E-state index contributed by atoms with van der Waals surface area (Å²) in [5, 5.41) is -0.178. The minimum Gasteiger partial charge on any atom is -0.268 e. The van der Waals surface area contributed by atoms with E-state index < -0.39 is 5.82 Å². The van der Waals surface area contributed by atoms with Crippen molar-refractivity contribution in [3.63, 3.8) is 0 Å². The topological polar surface area (TPSA) is 37.4 Å². The van der Waals surface area contributed by atoms with Crippen LogP contribution in [0.4, 0.5) is 9.18 Å². The summed E-state index contributed by atoms with van der Waals surface area (Å²) in [6.45, 7) is 1.89. The number of amides is 2. The van der Waals surface area contributed by atoms with Crippen LogP contribution < -0.4 is 0 Å². The Balaban J connectivity index is 1.79. The van der Waals surface area contributed by atoms with E-state index in [0.29, 0.717) is 10.5 Å². The van der Waals surface area contributed by atoms with Crippen LogP contribution in [0.1, 0.15) is 18.1 Å². The van der Waals surface area contributed by atoms with Gasteiger partial charge in [-0.3, -0.25) is 14.5 Å². The molecule has 1 fully saturated rings. The van der Waals surface area contributed by atoms with Gasteiger partial charge in [0.15, 0.2) is 0 Å². The first-order chi connectivity index (χ1) is 12.4. The molecular weight excluding hydrogens is 373 g/mol. The molecule has 0 aromatic heterocycles. The summed E-state index contributed by atoms with van der Waals surface area (Å²) < 4.78 is 13.1. The number of halogens is 2. The zero-order valence-corrected chi connectivity index (χ0v) is 15.5. The maximum atomic E-state index is 13.1. The van der Waals surface area contributed by atoms with Crippen LogP contribution >= 0.6 is 23.4 Å². The third-order valence-corrected chi connectivity index (χ3v) is 5.03. The third-order valence-electron chi connectivity index (χ3n) is 3.77. The molecule has 2 amide bonds. The number of carbonyl (C=O) groups is 2. The highest BCUT2D eigenvalue weighted by Crippen LogP contribution is 2.33. The fraction of sp³-hybridized carbons (Fsp3) is 0.100. The van der Waals surface area contributed by atoms with Gasteiger partial charge in [0.05, 0.1) is 11.4 Å². The van der Waals surface area contributed by atoms with E-state index in [1.807, 2.05) is 43.3 Å². The van der Waals surface area contributed by atoms with E-state index in [2.05, 4.69) is 0 Å². The lowest BCUT2D eigenvalue weighted by molar-refractivity contribution is -0.123. The van der Waals surface area contributed by atoms with Gasteiger partial charge in [-0.1, -0.05) is 54.1 Å². The van der Waals surface area contributed by atoms with Crippen LogP contribution in [0.5, 0.6) is 0 Å². The van der Waals surface area contributed by atoms with Gasteiger partial charge in [-0.2, -0.15) is 0 Å². The molecule has 0 spiro atoms. The highest BCUT2D eigenvalue weighted by Gasteiger charge is 2.35. The molecule has 0 N–H and O–H groups in total. The summed E-state index contributed by atoms with van der Waals surface area (Å²) in [4.78, 5) is 26.2. The molecular formula is C20H15ClFNO2S. The zero-order valence-electron chi connectivity index (χ0n) is 13.9. The molecule has 0 unspecified atom stereocenters. The second-order valence-electron chi connectivity index (χ2n) is 5.80. The lowest BCUT2D eigenvalue weighted by Gasteiger charge is -2.13. The Morgan fingerprint density at radius 1 is 1.19 bits per heavy atom. The minimum absolute atomic E-state index is 0.0164. The van der Waals surface area contributed by atoms with Gasteiger partial charge in [0.2, 0.25) is 0 Å². The Kier molecular flexibility index (Phi) is 5.59. The molecule has 0 aliphatic carbocycles. The quantitative estimate of drug-likeness (QED) is 0.635. The number of nitrogens with zero attached hydrogens (tertiary/aromatic N) is 1. The number of benzene rings is 2. The summed E-state index contributed by atoms with van der Waals surface area (Å²) in [6, 6.07) is 13.6. The van der Waals surface area contributed by atoms with Crippen LogP contribution in [0.25, 0.3) is 6.08 Å². The molecule has 2 aromatic rings. The van der Waals surface area contributed by atoms with Crippen LogP contribution in [0.15, 0.2) is 65.1 Å². The lowest BCUT2D eigenvalue weighted by Crippen LogP contribution is -2.27. The average Bonchev–Trinajstić information content (AvgIpc) is 2.85. The van der Waals surface area contributed by atoms with Gasteiger partial charge >= 0.3 is 0 Å².